The van der Waals surface area contributed by atoms with Crippen LogP contribution in [0.4, 0.5) is 0 Å². The van der Waals surface area contributed by atoms with Gasteiger partial charge in [-0.25, -0.2) is 0 Å². The summed E-state index contributed by atoms with van der Waals surface area (Å²) in [5.74, 6) is -0.109. The average Bonchev–Trinajstić information content (AvgIpc) is 3.08. The number of benzene rings is 2. The van der Waals surface area contributed by atoms with Crippen LogP contribution in [-0.4, -0.2) is 30.0 Å². The molecule has 0 spiro atoms. The molecule has 0 saturated carbocycles. The number of rotatable bonds is 7. The van der Waals surface area contributed by atoms with Crippen LogP contribution >= 0.6 is 0 Å². The highest BCUT2D eigenvalue weighted by Crippen LogP contribution is 2.26. The molecule has 2 aromatic carbocycles. The summed E-state index contributed by atoms with van der Waals surface area (Å²) in [7, 11) is 0. The minimum atomic E-state index is -0.109. The van der Waals surface area contributed by atoms with Crippen molar-refractivity contribution in [2.45, 2.75) is 25.8 Å². The number of fused-ring (bicyclic) bond motifs is 1. The zero-order valence-electron chi connectivity index (χ0n) is 15.1. The van der Waals surface area contributed by atoms with Crippen molar-refractivity contribution in [2.75, 3.05) is 13.1 Å². The van der Waals surface area contributed by atoms with Gasteiger partial charge in [-0.3, -0.25) is 4.79 Å². The summed E-state index contributed by atoms with van der Waals surface area (Å²) in [6.45, 7) is 3.14. The number of aryl methyl sites for hydroxylation is 1. The lowest BCUT2D eigenvalue weighted by atomic mass is 10.0. The van der Waals surface area contributed by atoms with E-state index in [-0.39, 0.29) is 11.9 Å². The molecule has 0 bridgehead atoms. The molecule has 5 nitrogen and oxygen atoms in total. The molecule has 1 heterocycles. The van der Waals surface area contributed by atoms with Crippen LogP contribution in [0.15, 0.2) is 48.7 Å². The maximum absolute atomic E-state index is 12.5. The molecule has 1 atom stereocenters. The molecule has 1 amide bonds. The summed E-state index contributed by atoms with van der Waals surface area (Å²) >= 11 is 0. The van der Waals surface area contributed by atoms with Crippen molar-refractivity contribution in [3.8, 4) is 11.1 Å². The van der Waals surface area contributed by atoms with Gasteiger partial charge in [0.25, 0.3) is 5.91 Å². The van der Waals surface area contributed by atoms with Gasteiger partial charge >= 0.3 is 0 Å². The van der Waals surface area contributed by atoms with Crippen molar-refractivity contribution in [2.24, 2.45) is 11.5 Å². The fourth-order valence-electron chi connectivity index (χ4n) is 3.04. The van der Waals surface area contributed by atoms with Crippen LogP contribution in [0.3, 0.4) is 0 Å². The monoisotopic (exact) mass is 350 g/mol. The van der Waals surface area contributed by atoms with Crippen molar-refractivity contribution < 1.29 is 4.79 Å². The van der Waals surface area contributed by atoms with Crippen molar-refractivity contribution in [1.82, 2.24) is 10.3 Å². The molecule has 1 aromatic heterocycles. The van der Waals surface area contributed by atoms with E-state index in [0.29, 0.717) is 18.7 Å². The summed E-state index contributed by atoms with van der Waals surface area (Å²) in [5.41, 5.74) is 16.6. The molecular weight excluding hydrogens is 324 g/mol. The topological polar surface area (TPSA) is 96.9 Å². The molecule has 3 aromatic rings. The molecule has 0 aliphatic heterocycles. The van der Waals surface area contributed by atoms with Gasteiger partial charge in [-0.2, -0.15) is 0 Å². The van der Waals surface area contributed by atoms with Crippen molar-refractivity contribution in [1.29, 1.82) is 0 Å². The Kier molecular flexibility index (Phi) is 5.71. The number of carbonyl (C=O) groups is 1. The summed E-state index contributed by atoms with van der Waals surface area (Å²) in [6, 6.07) is 14.5. The van der Waals surface area contributed by atoms with Crippen molar-refractivity contribution in [3.05, 3.63) is 59.8 Å². The lowest BCUT2D eigenvalue weighted by molar-refractivity contribution is 0.0952. The maximum Gasteiger partial charge on any atom is 0.253 e. The van der Waals surface area contributed by atoms with Crippen LogP contribution < -0.4 is 16.8 Å². The third kappa shape index (κ3) is 4.12. The number of aromatic amines is 1. The Bertz CT molecular complexity index is 883. The highest BCUT2D eigenvalue weighted by atomic mass is 16.1. The quantitative estimate of drug-likeness (QED) is 0.527. The zero-order valence-corrected chi connectivity index (χ0v) is 15.1. The van der Waals surface area contributed by atoms with E-state index in [9.17, 15) is 4.79 Å². The van der Waals surface area contributed by atoms with Gasteiger partial charge in [-0.1, -0.05) is 42.0 Å². The lowest BCUT2D eigenvalue weighted by Crippen LogP contribution is -2.37. The number of amides is 1. The van der Waals surface area contributed by atoms with Gasteiger partial charge in [0, 0.05) is 29.7 Å². The Morgan fingerprint density at radius 2 is 1.88 bits per heavy atom. The van der Waals surface area contributed by atoms with E-state index in [1.165, 1.54) is 5.56 Å². The molecule has 136 valence electrons. The Morgan fingerprint density at radius 1 is 1.15 bits per heavy atom. The van der Waals surface area contributed by atoms with E-state index in [1.807, 2.05) is 12.1 Å². The van der Waals surface area contributed by atoms with Crippen LogP contribution in [0, 0.1) is 6.92 Å². The second-order valence-electron chi connectivity index (χ2n) is 6.73. The van der Waals surface area contributed by atoms with Gasteiger partial charge in [-0.15, -0.1) is 0 Å². The molecule has 3 rings (SSSR count). The number of H-pyrrole nitrogens is 1. The molecule has 0 saturated heterocycles. The zero-order chi connectivity index (χ0) is 18.5. The first-order chi connectivity index (χ1) is 12.6. The third-order valence-corrected chi connectivity index (χ3v) is 4.62. The Morgan fingerprint density at radius 3 is 2.62 bits per heavy atom. The van der Waals surface area contributed by atoms with E-state index in [1.54, 1.807) is 6.20 Å². The van der Waals surface area contributed by atoms with Crippen LogP contribution in [0.2, 0.25) is 0 Å². The first-order valence-corrected chi connectivity index (χ1v) is 9.00. The minimum absolute atomic E-state index is 0.0687. The van der Waals surface area contributed by atoms with E-state index in [4.69, 9.17) is 11.5 Å². The van der Waals surface area contributed by atoms with Gasteiger partial charge in [0.05, 0.1) is 5.56 Å². The highest BCUT2D eigenvalue weighted by Gasteiger charge is 2.13. The fourth-order valence-corrected chi connectivity index (χ4v) is 3.04. The highest BCUT2D eigenvalue weighted by molar-refractivity contribution is 6.07. The van der Waals surface area contributed by atoms with Gasteiger partial charge in [0.1, 0.15) is 0 Å². The van der Waals surface area contributed by atoms with Crippen molar-refractivity contribution in [3.63, 3.8) is 0 Å². The number of nitrogens with two attached hydrogens (primary N) is 2. The number of nitrogens with one attached hydrogen (secondary N) is 2. The SMILES string of the molecule is Cc1ccc(-c2ccc3c(C(=O)NC[C@@H](N)CCCN)c[nH]c3c2)cc1. The van der Waals surface area contributed by atoms with Crippen molar-refractivity contribution >= 4 is 16.8 Å². The number of carbonyl (C=O) groups excluding carboxylic acids is 1. The predicted molar refractivity (Wildman–Crippen MR) is 107 cm³/mol. The summed E-state index contributed by atoms with van der Waals surface area (Å²) in [4.78, 5) is 15.7. The third-order valence-electron chi connectivity index (χ3n) is 4.62. The van der Waals surface area contributed by atoms with Gasteiger partial charge < -0.3 is 21.8 Å². The van der Waals surface area contributed by atoms with E-state index in [0.717, 1.165) is 34.9 Å². The minimum Gasteiger partial charge on any atom is -0.360 e. The molecule has 26 heavy (non-hydrogen) atoms. The summed E-state index contributed by atoms with van der Waals surface area (Å²) in [6.07, 6.45) is 3.43. The summed E-state index contributed by atoms with van der Waals surface area (Å²) in [5, 5.41) is 3.82. The first-order valence-electron chi connectivity index (χ1n) is 9.00. The van der Waals surface area contributed by atoms with Gasteiger partial charge in [0.2, 0.25) is 0 Å². The number of aromatic nitrogens is 1. The van der Waals surface area contributed by atoms with Crippen LogP contribution in [-0.2, 0) is 0 Å². The molecule has 0 radical (unpaired) electrons. The first kappa shape index (κ1) is 18.2. The second-order valence-corrected chi connectivity index (χ2v) is 6.73. The molecule has 0 aliphatic rings. The molecule has 6 N–H and O–H groups in total. The Labute approximate surface area is 153 Å². The van der Waals surface area contributed by atoms with E-state index in [2.05, 4.69) is 47.6 Å². The van der Waals surface area contributed by atoms with Crippen LogP contribution in [0.1, 0.15) is 28.8 Å². The Hall–Kier alpha value is -2.63. The molecule has 0 fully saturated rings. The Balaban J connectivity index is 1.74. The largest absolute Gasteiger partial charge is 0.360 e. The smallest absolute Gasteiger partial charge is 0.253 e. The molecular formula is C21H26N4O. The van der Waals surface area contributed by atoms with E-state index >= 15 is 0 Å². The van der Waals surface area contributed by atoms with E-state index < -0.39 is 0 Å². The van der Waals surface area contributed by atoms with Gasteiger partial charge in [-0.05, 0) is 43.5 Å². The summed E-state index contributed by atoms with van der Waals surface area (Å²) < 4.78 is 0. The second kappa shape index (κ2) is 8.17. The molecule has 0 aliphatic carbocycles. The standard InChI is InChI=1S/C21H26N4O/c1-14-4-6-15(7-5-14)16-8-9-18-19(13-24-20(18)11-16)21(26)25-12-17(23)3-2-10-22/h4-9,11,13,17,24H,2-3,10,12,22-23H2,1H3,(H,25,26)/t17-/m0/s1. The number of hydrogen-bond donors (Lipinski definition) is 4. The fraction of sp³-hybridized carbons (Fsp3) is 0.286. The number of hydrogen-bond acceptors (Lipinski definition) is 3. The van der Waals surface area contributed by atoms with Gasteiger partial charge in [0.15, 0.2) is 0 Å². The maximum atomic E-state index is 12.5. The van der Waals surface area contributed by atoms with Crippen LogP contribution in [0.5, 0.6) is 0 Å². The molecule has 0 unspecified atom stereocenters. The normalized spacial score (nSPS) is 12.3. The lowest BCUT2D eigenvalue weighted by Gasteiger charge is -2.12. The average molecular weight is 350 g/mol. The van der Waals surface area contributed by atoms with Crippen LogP contribution in [0.25, 0.3) is 22.0 Å². The predicted octanol–water partition coefficient (Wildman–Crippen LogP) is 2.94. The molecule has 5 heteroatoms.